The molecule has 2 aromatic heterocycles. The van der Waals surface area contributed by atoms with E-state index >= 15 is 0 Å². The first kappa shape index (κ1) is 22.9. The van der Waals surface area contributed by atoms with Crippen LogP contribution in [0.5, 0.6) is 0 Å². The van der Waals surface area contributed by atoms with Crippen LogP contribution in [0, 0.1) is 0 Å². The summed E-state index contributed by atoms with van der Waals surface area (Å²) in [6.07, 6.45) is -4.53. The van der Waals surface area contributed by atoms with Crippen LogP contribution in [-0.2, 0) is 23.3 Å². The highest BCUT2D eigenvalue weighted by molar-refractivity contribution is 7.98. The molecule has 0 saturated heterocycles. The molecule has 7 nitrogen and oxygen atoms in total. The summed E-state index contributed by atoms with van der Waals surface area (Å²) in [5.74, 6) is -0.0880. The van der Waals surface area contributed by atoms with Gasteiger partial charge in [-0.1, -0.05) is 41.6 Å². The zero-order valence-electron chi connectivity index (χ0n) is 16.7. The van der Waals surface area contributed by atoms with Gasteiger partial charge in [0.2, 0.25) is 5.91 Å². The van der Waals surface area contributed by atoms with Crippen molar-refractivity contribution < 1.29 is 18.0 Å². The van der Waals surface area contributed by atoms with Gasteiger partial charge in [0.1, 0.15) is 11.6 Å². The number of alkyl halides is 3. The molecule has 1 N–H and O–H groups in total. The predicted molar refractivity (Wildman–Crippen MR) is 118 cm³/mol. The first-order valence-electron chi connectivity index (χ1n) is 9.50. The van der Waals surface area contributed by atoms with Crippen molar-refractivity contribution in [2.24, 2.45) is 0 Å². The summed E-state index contributed by atoms with van der Waals surface area (Å²) in [6, 6.07) is 14.9. The molecule has 1 amide bonds. The van der Waals surface area contributed by atoms with Crippen molar-refractivity contribution in [2.45, 2.75) is 23.5 Å². The average molecular weight is 494 g/mol. The first-order chi connectivity index (χ1) is 15.7. The number of nitrogens with one attached hydrogen (secondary N) is 1. The average Bonchev–Trinajstić information content (AvgIpc) is 3.07. The molecule has 0 radical (unpaired) electrons. The number of aromatic nitrogens is 4. The molecule has 2 aromatic carbocycles. The zero-order chi connectivity index (χ0) is 23.6. The Morgan fingerprint density at radius 1 is 1.06 bits per heavy atom. The van der Waals surface area contributed by atoms with E-state index in [-0.39, 0.29) is 11.3 Å². The Morgan fingerprint density at radius 2 is 1.82 bits per heavy atom. The van der Waals surface area contributed by atoms with Gasteiger partial charge in [0.05, 0.1) is 5.56 Å². The van der Waals surface area contributed by atoms with Gasteiger partial charge >= 0.3 is 11.9 Å². The summed E-state index contributed by atoms with van der Waals surface area (Å²) in [6.45, 7) is -0.480. The summed E-state index contributed by atoms with van der Waals surface area (Å²) in [5.41, 5.74) is -0.301. The molecule has 4 aromatic rings. The summed E-state index contributed by atoms with van der Waals surface area (Å²) in [7, 11) is 0. The van der Waals surface area contributed by atoms with Gasteiger partial charge in [0.25, 0.3) is 0 Å². The van der Waals surface area contributed by atoms with E-state index < -0.39 is 29.9 Å². The van der Waals surface area contributed by atoms with Crippen LogP contribution < -0.4 is 11.0 Å². The molecule has 0 aliphatic rings. The van der Waals surface area contributed by atoms with Crippen LogP contribution in [-0.4, -0.2) is 25.3 Å². The number of nitrogens with zero attached hydrogens (tertiary/aromatic N) is 4. The molecule has 0 saturated carbocycles. The monoisotopic (exact) mass is 493 g/mol. The molecule has 33 heavy (non-hydrogen) atoms. The Bertz CT molecular complexity index is 1370. The van der Waals surface area contributed by atoms with E-state index in [4.69, 9.17) is 11.6 Å². The SMILES string of the molecule is O=C(Cn1nc2ccc(SCc3ccc(Cl)cc3)nn2c1=O)Nc1cccc(C(F)(F)F)c1. The molecule has 0 spiro atoms. The van der Waals surface area contributed by atoms with Gasteiger partial charge in [-0.15, -0.1) is 5.10 Å². The number of thioether (sulfide) groups is 1. The predicted octanol–water partition coefficient (Wildman–Crippen LogP) is 4.49. The highest BCUT2D eigenvalue weighted by Crippen LogP contribution is 2.30. The van der Waals surface area contributed by atoms with Gasteiger partial charge in [0.15, 0.2) is 5.65 Å². The Hall–Kier alpha value is -3.31. The fourth-order valence-corrected chi connectivity index (χ4v) is 3.86. The second-order valence-corrected chi connectivity index (χ2v) is 8.36. The van der Waals surface area contributed by atoms with Crippen LogP contribution in [0.15, 0.2) is 70.5 Å². The van der Waals surface area contributed by atoms with E-state index in [1.807, 2.05) is 12.1 Å². The molecule has 2 heterocycles. The number of carbonyl (C=O) groups is 1. The summed E-state index contributed by atoms with van der Waals surface area (Å²) in [4.78, 5) is 24.9. The first-order valence-corrected chi connectivity index (χ1v) is 10.9. The van der Waals surface area contributed by atoms with Crippen molar-refractivity contribution in [1.82, 2.24) is 19.4 Å². The second-order valence-electron chi connectivity index (χ2n) is 6.92. The minimum atomic E-state index is -4.53. The van der Waals surface area contributed by atoms with Crippen molar-refractivity contribution >= 4 is 40.6 Å². The lowest BCUT2D eigenvalue weighted by atomic mass is 10.2. The van der Waals surface area contributed by atoms with Crippen molar-refractivity contribution in [2.75, 3.05) is 5.32 Å². The van der Waals surface area contributed by atoms with Crippen LogP contribution >= 0.6 is 23.4 Å². The molecule has 0 aliphatic carbocycles. The Labute approximate surface area is 194 Å². The summed E-state index contributed by atoms with van der Waals surface area (Å²) in [5, 5.41) is 11.9. The van der Waals surface area contributed by atoms with Crippen LogP contribution in [0.25, 0.3) is 5.65 Å². The van der Waals surface area contributed by atoms with Gasteiger partial charge in [-0.05, 0) is 48.0 Å². The molecule has 0 unspecified atom stereocenters. The molecule has 0 bridgehead atoms. The van der Waals surface area contributed by atoms with Crippen LogP contribution in [0.1, 0.15) is 11.1 Å². The minimum Gasteiger partial charge on any atom is -0.324 e. The topological polar surface area (TPSA) is 81.3 Å². The second kappa shape index (κ2) is 9.28. The number of hydrogen-bond acceptors (Lipinski definition) is 5. The molecule has 12 heteroatoms. The van der Waals surface area contributed by atoms with Crippen LogP contribution in [0.2, 0.25) is 5.02 Å². The number of carbonyl (C=O) groups excluding carboxylic acids is 1. The van der Waals surface area contributed by atoms with Crippen molar-refractivity contribution in [1.29, 1.82) is 0 Å². The number of fused-ring (bicyclic) bond motifs is 1. The van der Waals surface area contributed by atoms with Gasteiger partial charge < -0.3 is 5.32 Å². The number of benzene rings is 2. The number of rotatable bonds is 6. The molecule has 4 rings (SSSR count). The van der Waals surface area contributed by atoms with E-state index in [0.29, 0.717) is 15.8 Å². The van der Waals surface area contributed by atoms with Gasteiger partial charge in [-0.3, -0.25) is 4.79 Å². The number of halogens is 4. The Balaban J connectivity index is 1.46. The highest BCUT2D eigenvalue weighted by Gasteiger charge is 2.30. The fraction of sp³-hybridized carbons (Fsp3) is 0.143. The maximum absolute atomic E-state index is 12.8. The van der Waals surface area contributed by atoms with Gasteiger partial charge in [-0.2, -0.15) is 22.8 Å². The largest absolute Gasteiger partial charge is 0.416 e. The number of hydrogen-bond donors (Lipinski definition) is 1. The zero-order valence-corrected chi connectivity index (χ0v) is 18.3. The van der Waals surface area contributed by atoms with Crippen LogP contribution in [0.3, 0.4) is 0 Å². The third kappa shape index (κ3) is 5.55. The smallest absolute Gasteiger partial charge is 0.324 e. The third-order valence-corrected chi connectivity index (χ3v) is 5.73. The van der Waals surface area contributed by atoms with Crippen molar-refractivity contribution in [3.8, 4) is 0 Å². The lowest BCUT2D eigenvalue weighted by Crippen LogP contribution is -2.29. The Morgan fingerprint density at radius 3 is 2.55 bits per heavy atom. The summed E-state index contributed by atoms with van der Waals surface area (Å²) < 4.78 is 40.5. The molecular formula is C21H15ClF3N5O2S. The number of amides is 1. The van der Waals surface area contributed by atoms with Gasteiger partial charge in [0, 0.05) is 16.5 Å². The van der Waals surface area contributed by atoms with E-state index in [1.165, 1.54) is 23.9 Å². The standard InChI is InChI=1S/C21H15ClF3N5O2S/c22-15-6-4-13(5-7-15)12-33-19-9-8-17-27-29(20(32)30(17)28-19)11-18(31)26-16-3-1-2-14(10-16)21(23,24)25/h1-10H,11-12H2,(H,26,31). The minimum absolute atomic E-state index is 0.0364. The lowest BCUT2D eigenvalue weighted by Gasteiger charge is -2.09. The molecule has 0 aliphatic heterocycles. The number of anilines is 1. The molecule has 0 atom stereocenters. The molecule has 170 valence electrons. The summed E-state index contributed by atoms with van der Waals surface area (Å²) >= 11 is 7.29. The normalized spacial score (nSPS) is 11.6. The lowest BCUT2D eigenvalue weighted by molar-refractivity contribution is -0.137. The Kier molecular flexibility index (Phi) is 6.43. The third-order valence-electron chi connectivity index (χ3n) is 4.48. The van der Waals surface area contributed by atoms with E-state index in [2.05, 4.69) is 15.5 Å². The van der Waals surface area contributed by atoms with E-state index in [9.17, 15) is 22.8 Å². The quantitative estimate of drug-likeness (QED) is 0.400. The van der Waals surface area contributed by atoms with E-state index in [1.54, 1.807) is 24.3 Å². The van der Waals surface area contributed by atoms with E-state index in [0.717, 1.165) is 26.9 Å². The van der Waals surface area contributed by atoms with Crippen molar-refractivity contribution in [3.05, 3.63) is 87.3 Å². The molecule has 0 fully saturated rings. The van der Waals surface area contributed by atoms with Crippen molar-refractivity contribution in [3.63, 3.8) is 0 Å². The maximum Gasteiger partial charge on any atom is 0.416 e. The van der Waals surface area contributed by atoms with Crippen LogP contribution in [0.4, 0.5) is 18.9 Å². The highest BCUT2D eigenvalue weighted by atomic mass is 35.5. The molecular weight excluding hydrogens is 479 g/mol. The van der Waals surface area contributed by atoms with Gasteiger partial charge in [-0.25, -0.2) is 9.48 Å². The fourth-order valence-electron chi connectivity index (χ4n) is 2.92. The maximum atomic E-state index is 12.8.